The molecule has 2 rings (SSSR count). The van der Waals surface area contributed by atoms with Crippen molar-refractivity contribution in [1.29, 1.82) is 0 Å². The van der Waals surface area contributed by atoms with Gasteiger partial charge in [0, 0.05) is 18.6 Å². The second-order valence-corrected chi connectivity index (χ2v) is 3.13. The van der Waals surface area contributed by atoms with Gasteiger partial charge in [-0.15, -0.1) is 0 Å². The minimum atomic E-state index is 0.114. The second kappa shape index (κ2) is 3.86. The lowest BCUT2D eigenvalue weighted by Crippen LogP contribution is -1.90. The van der Waals surface area contributed by atoms with Gasteiger partial charge in [0.25, 0.3) is 0 Å². The summed E-state index contributed by atoms with van der Waals surface area (Å²) in [7, 11) is 0. The molecule has 0 fully saturated rings. The highest BCUT2D eigenvalue weighted by atomic mass is 35.5. The molecule has 0 aromatic carbocycles. The molecule has 14 heavy (non-hydrogen) atoms. The molecular formula is C8H4Cl2N4. The zero-order valence-electron chi connectivity index (χ0n) is 6.85. The van der Waals surface area contributed by atoms with E-state index in [4.69, 9.17) is 23.2 Å². The van der Waals surface area contributed by atoms with E-state index in [9.17, 15) is 0 Å². The average molecular weight is 227 g/mol. The molecule has 0 N–H and O–H groups in total. The number of hydrogen-bond donors (Lipinski definition) is 0. The SMILES string of the molecule is Clc1ncc(-c2cnccn2)c(Cl)n1. The van der Waals surface area contributed by atoms with Gasteiger partial charge in [-0.25, -0.2) is 9.97 Å². The molecule has 0 spiro atoms. The van der Waals surface area contributed by atoms with E-state index in [0.29, 0.717) is 11.3 Å². The number of aromatic nitrogens is 4. The Labute approximate surface area is 90.0 Å². The number of halogens is 2. The van der Waals surface area contributed by atoms with Crippen LogP contribution in [0.2, 0.25) is 10.4 Å². The van der Waals surface area contributed by atoms with E-state index in [-0.39, 0.29) is 10.4 Å². The van der Waals surface area contributed by atoms with Crippen LogP contribution < -0.4 is 0 Å². The fourth-order valence-electron chi connectivity index (χ4n) is 0.951. The van der Waals surface area contributed by atoms with Crippen molar-refractivity contribution in [3.05, 3.63) is 35.2 Å². The topological polar surface area (TPSA) is 51.6 Å². The summed E-state index contributed by atoms with van der Waals surface area (Å²) >= 11 is 11.4. The van der Waals surface area contributed by atoms with Crippen LogP contribution in [-0.2, 0) is 0 Å². The molecule has 0 aliphatic heterocycles. The second-order valence-electron chi connectivity index (χ2n) is 2.43. The molecule has 4 nitrogen and oxygen atoms in total. The van der Waals surface area contributed by atoms with E-state index < -0.39 is 0 Å². The lowest BCUT2D eigenvalue weighted by molar-refractivity contribution is 1.14. The summed E-state index contributed by atoms with van der Waals surface area (Å²) in [4.78, 5) is 15.6. The summed E-state index contributed by atoms with van der Waals surface area (Å²) < 4.78 is 0. The molecule has 6 heteroatoms. The Morgan fingerprint density at radius 1 is 1.00 bits per heavy atom. The number of nitrogens with zero attached hydrogens (tertiary/aromatic N) is 4. The summed E-state index contributed by atoms with van der Waals surface area (Å²) in [5.74, 6) is 0. The smallest absolute Gasteiger partial charge is 0.223 e. The molecule has 0 atom stereocenters. The van der Waals surface area contributed by atoms with Crippen LogP contribution in [0.3, 0.4) is 0 Å². The molecule has 2 heterocycles. The van der Waals surface area contributed by atoms with E-state index >= 15 is 0 Å². The zero-order chi connectivity index (χ0) is 9.97. The molecule has 0 aliphatic carbocycles. The van der Waals surface area contributed by atoms with Gasteiger partial charge < -0.3 is 0 Å². The maximum atomic E-state index is 5.86. The van der Waals surface area contributed by atoms with Crippen molar-refractivity contribution in [3.63, 3.8) is 0 Å². The molecule has 0 saturated heterocycles. The van der Waals surface area contributed by atoms with E-state index in [1.807, 2.05) is 0 Å². The minimum Gasteiger partial charge on any atom is -0.261 e. The highest BCUT2D eigenvalue weighted by Crippen LogP contribution is 2.23. The van der Waals surface area contributed by atoms with Crippen molar-refractivity contribution in [2.75, 3.05) is 0 Å². The van der Waals surface area contributed by atoms with Crippen LogP contribution in [0.25, 0.3) is 11.3 Å². The Bertz CT molecular complexity index is 446. The minimum absolute atomic E-state index is 0.114. The molecule has 0 saturated carbocycles. The summed E-state index contributed by atoms with van der Waals surface area (Å²) in [5, 5.41) is 0.383. The molecule has 0 unspecified atom stereocenters. The summed E-state index contributed by atoms with van der Waals surface area (Å²) in [6.07, 6.45) is 6.24. The Kier molecular flexibility index (Phi) is 2.56. The summed E-state index contributed by atoms with van der Waals surface area (Å²) in [6, 6.07) is 0. The third-order valence-corrected chi connectivity index (χ3v) is 2.02. The van der Waals surface area contributed by atoms with Crippen LogP contribution in [-0.4, -0.2) is 19.9 Å². The van der Waals surface area contributed by atoms with Gasteiger partial charge in [0.1, 0.15) is 5.15 Å². The van der Waals surface area contributed by atoms with Crippen molar-refractivity contribution < 1.29 is 0 Å². The first kappa shape index (κ1) is 9.30. The third kappa shape index (κ3) is 1.81. The van der Waals surface area contributed by atoms with E-state index in [0.717, 1.165) is 0 Å². The predicted octanol–water partition coefficient (Wildman–Crippen LogP) is 2.24. The highest BCUT2D eigenvalue weighted by molar-refractivity contribution is 6.33. The van der Waals surface area contributed by atoms with Crippen molar-refractivity contribution in [1.82, 2.24) is 19.9 Å². The fourth-order valence-corrected chi connectivity index (χ4v) is 1.35. The normalized spacial score (nSPS) is 10.1. The first-order chi connectivity index (χ1) is 6.77. The first-order valence-corrected chi connectivity index (χ1v) is 4.47. The number of hydrogen-bond acceptors (Lipinski definition) is 4. The van der Waals surface area contributed by atoms with E-state index in [2.05, 4.69) is 19.9 Å². The van der Waals surface area contributed by atoms with Gasteiger partial charge in [-0.3, -0.25) is 9.97 Å². The monoisotopic (exact) mass is 226 g/mol. The zero-order valence-corrected chi connectivity index (χ0v) is 8.37. The van der Waals surface area contributed by atoms with Gasteiger partial charge >= 0.3 is 0 Å². The lowest BCUT2D eigenvalue weighted by atomic mass is 10.2. The van der Waals surface area contributed by atoms with Gasteiger partial charge in [-0.2, -0.15) is 0 Å². The van der Waals surface area contributed by atoms with Crippen LogP contribution in [0.1, 0.15) is 0 Å². The third-order valence-electron chi connectivity index (χ3n) is 1.55. The Morgan fingerprint density at radius 3 is 2.50 bits per heavy atom. The van der Waals surface area contributed by atoms with Crippen molar-refractivity contribution in [3.8, 4) is 11.3 Å². The molecule has 2 aromatic rings. The lowest BCUT2D eigenvalue weighted by Gasteiger charge is -2.00. The number of rotatable bonds is 1. The predicted molar refractivity (Wildman–Crippen MR) is 53.1 cm³/mol. The van der Waals surface area contributed by atoms with Gasteiger partial charge in [0.2, 0.25) is 5.28 Å². The van der Waals surface area contributed by atoms with Crippen molar-refractivity contribution >= 4 is 23.2 Å². The van der Waals surface area contributed by atoms with Crippen LogP contribution in [0.15, 0.2) is 24.8 Å². The molecule has 0 bridgehead atoms. The largest absolute Gasteiger partial charge is 0.261 e. The summed E-state index contributed by atoms with van der Waals surface area (Å²) in [6.45, 7) is 0. The highest BCUT2D eigenvalue weighted by Gasteiger charge is 2.07. The fraction of sp³-hybridized carbons (Fsp3) is 0. The van der Waals surface area contributed by atoms with Crippen LogP contribution in [0.5, 0.6) is 0 Å². The quantitative estimate of drug-likeness (QED) is 0.553. The molecule has 0 aliphatic rings. The van der Waals surface area contributed by atoms with Gasteiger partial charge in [0.05, 0.1) is 17.5 Å². The maximum Gasteiger partial charge on any atom is 0.223 e. The summed E-state index contributed by atoms with van der Waals surface area (Å²) in [5.41, 5.74) is 1.23. The van der Waals surface area contributed by atoms with Gasteiger partial charge in [0.15, 0.2) is 0 Å². The standard InChI is InChI=1S/C8H4Cl2N4/c9-7-5(3-13-8(10)14-7)6-4-11-1-2-12-6/h1-4H. The van der Waals surface area contributed by atoms with Crippen LogP contribution in [0.4, 0.5) is 0 Å². The molecular weight excluding hydrogens is 223 g/mol. The Balaban J connectivity index is 2.53. The molecule has 2 aromatic heterocycles. The van der Waals surface area contributed by atoms with E-state index in [1.54, 1.807) is 18.6 Å². The molecule has 70 valence electrons. The van der Waals surface area contributed by atoms with Gasteiger partial charge in [-0.1, -0.05) is 11.6 Å². The first-order valence-electron chi connectivity index (χ1n) is 3.72. The van der Waals surface area contributed by atoms with Gasteiger partial charge in [-0.05, 0) is 11.6 Å². The molecule has 0 radical (unpaired) electrons. The van der Waals surface area contributed by atoms with Crippen molar-refractivity contribution in [2.24, 2.45) is 0 Å². The van der Waals surface area contributed by atoms with E-state index in [1.165, 1.54) is 6.20 Å². The Hall–Kier alpha value is -1.26. The average Bonchev–Trinajstić information content (AvgIpc) is 2.19. The maximum absolute atomic E-state index is 5.86. The van der Waals surface area contributed by atoms with Crippen LogP contribution in [0, 0.1) is 0 Å². The Morgan fingerprint density at radius 2 is 1.86 bits per heavy atom. The van der Waals surface area contributed by atoms with Crippen LogP contribution >= 0.6 is 23.2 Å². The van der Waals surface area contributed by atoms with Crippen molar-refractivity contribution in [2.45, 2.75) is 0 Å². The molecule has 0 amide bonds.